The van der Waals surface area contributed by atoms with Gasteiger partial charge >= 0.3 is 0 Å². The number of carbonyl (C=O) groups is 2. The van der Waals surface area contributed by atoms with E-state index in [-0.39, 0.29) is 18.4 Å². The van der Waals surface area contributed by atoms with Crippen LogP contribution in [-0.2, 0) is 4.79 Å². The largest absolute Gasteiger partial charge is 0.494 e. The molecule has 2 aromatic rings. The molecule has 0 aliphatic rings. The van der Waals surface area contributed by atoms with Gasteiger partial charge in [0.05, 0.1) is 13.2 Å². The SMILES string of the molecule is CCCCOc1ccc(NCC(=O)Nc2cccc(C(=O)NCC)c2)cc1. The molecule has 0 heterocycles. The van der Waals surface area contributed by atoms with Crippen LogP contribution < -0.4 is 20.7 Å². The first-order valence-corrected chi connectivity index (χ1v) is 9.27. The van der Waals surface area contributed by atoms with E-state index in [0.29, 0.717) is 24.4 Å². The van der Waals surface area contributed by atoms with Gasteiger partial charge in [-0.25, -0.2) is 0 Å². The fraction of sp³-hybridized carbons (Fsp3) is 0.333. The monoisotopic (exact) mass is 369 g/mol. The predicted octanol–water partition coefficient (Wildman–Crippen LogP) is 3.67. The molecule has 2 amide bonds. The summed E-state index contributed by atoms with van der Waals surface area (Å²) < 4.78 is 5.61. The molecule has 0 unspecified atom stereocenters. The number of rotatable bonds is 10. The van der Waals surface area contributed by atoms with E-state index in [1.54, 1.807) is 24.3 Å². The van der Waals surface area contributed by atoms with E-state index in [1.165, 1.54) is 0 Å². The normalized spacial score (nSPS) is 10.1. The molecular weight excluding hydrogens is 342 g/mol. The topological polar surface area (TPSA) is 79.5 Å². The molecule has 0 bridgehead atoms. The minimum absolute atomic E-state index is 0.126. The average molecular weight is 369 g/mol. The zero-order chi connectivity index (χ0) is 19.5. The quantitative estimate of drug-likeness (QED) is 0.558. The Bertz CT molecular complexity index is 745. The summed E-state index contributed by atoms with van der Waals surface area (Å²) in [5.41, 5.74) is 1.94. The lowest BCUT2D eigenvalue weighted by molar-refractivity contribution is -0.114. The van der Waals surface area contributed by atoms with Gasteiger partial charge in [0, 0.05) is 23.5 Å². The lowest BCUT2D eigenvalue weighted by Gasteiger charge is -2.10. The van der Waals surface area contributed by atoms with Crippen molar-refractivity contribution in [3.8, 4) is 5.75 Å². The third-order valence-electron chi connectivity index (χ3n) is 3.82. The summed E-state index contributed by atoms with van der Waals surface area (Å²) in [4.78, 5) is 24.0. The molecule has 3 N–H and O–H groups in total. The van der Waals surface area contributed by atoms with E-state index in [2.05, 4.69) is 22.9 Å². The van der Waals surface area contributed by atoms with Crippen molar-refractivity contribution in [2.75, 3.05) is 30.3 Å². The van der Waals surface area contributed by atoms with Gasteiger partial charge < -0.3 is 20.7 Å². The van der Waals surface area contributed by atoms with E-state index in [4.69, 9.17) is 4.74 Å². The van der Waals surface area contributed by atoms with Gasteiger partial charge in [0.25, 0.3) is 5.91 Å². The zero-order valence-corrected chi connectivity index (χ0v) is 15.9. The Morgan fingerprint density at radius 2 is 1.78 bits per heavy atom. The molecule has 0 saturated heterocycles. The molecule has 0 aliphatic carbocycles. The molecule has 0 aliphatic heterocycles. The molecule has 144 valence electrons. The van der Waals surface area contributed by atoms with Gasteiger partial charge in [0.2, 0.25) is 5.91 Å². The molecule has 0 fully saturated rings. The van der Waals surface area contributed by atoms with Gasteiger partial charge in [-0.15, -0.1) is 0 Å². The summed E-state index contributed by atoms with van der Waals surface area (Å²) in [6.07, 6.45) is 2.13. The maximum absolute atomic E-state index is 12.1. The molecule has 6 nitrogen and oxygen atoms in total. The number of nitrogens with one attached hydrogen (secondary N) is 3. The molecule has 2 rings (SSSR count). The van der Waals surface area contributed by atoms with Crippen molar-refractivity contribution in [2.24, 2.45) is 0 Å². The number of carbonyl (C=O) groups excluding carboxylic acids is 2. The molecule has 27 heavy (non-hydrogen) atoms. The molecule has 2 aromatic carbocycles. The van der Waals surface area contributed by atoms with Crippen molar-refractivity contribution in [1.29, 1.82) is 0 Å². The summed E-state index contributed by atoms with van der Waals surface area (Å²) in [7, 11) is 0. The third-order valence-corrected chi connectivity index (χ3v) is 3.82. The first-order chi connectivity index (χ1) is 13.1. The van der Waals surface area contributed by atoms with Gasteiger partial charge in [-0.2, -0.15) is 0 Å². The molecule has 0 spiro atoms. The highest BCUT2D eigenvalue weighted by molar-refractivity contribution is 5.98. The molecule has 0 aromatic heterocycles. The Morgan fingerprint density at radius 1 is 1.00 bits per heavy atom. The number of unbranched alkanes of at least 4 members (excludes halogenated alkanes) is 1. The maximum atomic E-state index is 12.1. The molecule has 0 atom stereocenters. The van der Waals surface area contributed by atoms with Crippen molar-refractivity contribution >= 4 is 23.2 Å². The molecular formula is C21H27N3O3. The number of benzene rings is 2. The minimum Gasteiger partial charge on any atom is -0.494 e. The smallest absolute Gasteiger partial charge is 0.251 e. The van der Waals surface area contributed by atoms with Crippen LogP contribution in [0.4, 0.5) is 11.4 Å². The van der Waals surface area contributed by atoms with Crippen molar-refractivity contribution < 1.29 is 14.3 Å². The van der Waals surface area contributed by atoms with Gasteiger partial charge in [-0.1, -0.05) is 19.4 Å². The van der Waals surface area contributed by atoms with Crippen LogP contribution >= 0.6 is 0 Å². The van der Waals surface area contributed by atoms with Crippen LogP contribution in [0, 0.1) is 0 Å². The van der Waals surface area contributed by atoms with Crippen LogP contribution in [0.15, 0.2) is 48.5 Å². The van der Waals surface area contributed by atoms with Crippen molar-refractivity contribution in [3.63, 3.8) is 0 Å². The lowest BCUT2D eigenvalue weighted by atomic mass is 10.2. The number of anilines is 2. The fourth-order valence-electron chi connectivity index (χ4n) is 2.39. The summed E-state index contributed by atoms with van der Waals surface area (Å²) in [6, 6.07) is 14.4. The Hall–Kier alpha value is -3.02. The Balaban J connectivity index is 1.82. The van der Waals surface area contributed by atoms with E-state index < -0.39 is 0 Å². The van der Waals surface area contributed by atoms with E-state index >= 15 is 0 Å². The third kappa shape index (κ3) is 7.01. The Labute approximate surface area is 160 Å². The maximum Gasteiger partial charge on any atom is 0.251 e. The van der Waals surface area contributed by atoms with Crippen LogP contribution in [0.3, 0.4) is 0 Å². The zero-order valence-electron chi connectivity index (χ0n) is 15.9. The fourth-order valence-corrected chi connectivity index (χ4v) is 2.39. The van der Waals surface area contributed by atoms with Crippen LogP contribution in [0.5, 0.6) is 5.75 Å². The van der Waals surface area contributed by atoms with Gasteiger partial charge in [0.15, 0.2) is 0 Å². The number of hydrogen-bond donors (Lipinski definition) is 3. The van der Waals surface area contributed by atoms with Gasteiger partial charge in [-0.3, -0.25) is 9.59 Å². The highest BCUT2D eigenvalue weighted by Gasteiger charge is 2.07. The van der Waals surface area contributed by atoms with E-state index in [0.717, 1.165) is 24.3 Å². The number of ether oxygens (including phenoxy) is 1. The molecule has 6 heteroatoms. The van der Waals surface area contributed by atoms with Crippen molar-refractivity contribution in [1.82, 2.24) is 5.32 Å². The van der Waals surface area contributed by atoms with Gasteiger partial charge in [0.1, 0.15) is 5.75 Å². The lowest BCUT2D eigenvalue weighted by Crippen LogP contribution is -2.24. The molecule has 0 radical (unpaired) electrons. The van der Waals surface area contributed by atoms with E-state index in [9.17, 15) is 9.59 Å². The average Bonchev–Trinajstić information content (AvgIpc) is 2.68. The minimum atomic E-state index is -0.189. The molecule has 0 saturated carbocycles. The number of amides is 2. The Morgan fingerprint density at radius 3 is 2.48 bits per heavy atom. The van der Waals surface area contributed by atoms with Crippen LogP contribution in [0.1, 0.15) is 37.0 Å². The second kappa shape index (κ2) is 10.9. The highest BCUT2D eigenvalue weighted by atomic mass is 16.5. The van der Waals surface area contributed by atoms with Crippen LogP contribution in [-0.4, -0.2) is 31.5 Å². The highest BCUT2D eigenvalue weighted by Crippen LogP contribution is 2.16. The Kier molecular flexibility index (Phi) is 8.16. The summed E-state index contributed by atoms with van der Waals surface area (Å²) in [6.45, 7) is 5.38. The van der Waals surface area contributed by atoms with Crippen LogP contribution in [0.25, 0.3) is 0 Å². The van der Waals surface area contributed by atoms with E-state index in [1.807, 2.05) is 31.2 Å². The second-order valence-electron chi connectivity index (χ2n) is 6.07. The van der Waals surface area contributed by atoms with Crippen molar-refractivity contribution in [2.45, 2.75) is 26.7 Å². The van der Waals surface area contributed by atoms with Crippen molar-refractivity contribution in [3.05, 3.63) is 54.1 Å². The second-order valence-corrected chi connectivity index (χ2v) is 6.07. The first kappa shape index (κ1) is 20.3. The summed E-state index contributed by atoms with van der Waals surface area (Å²) in [5.74, 6) is 0.472. The predicted molar refractivity (Wildman–Crippen MR) is 108 cm³/mol. The first-order valence-electron chi connectivity index (χ1n) is 9.27. The van der Waals surface area contributed by atoms with Gasteiger partial charge in [-0.05, 0) is 55.8 Å². The summed E-state index contributed by atoms with van der Waals surface area (Å²) in [5, 5.41) is 8.59. The number of hydrogen-bond acceptors (Lipinski definition) is 4. The summed E-state index contributed by atoms with van der Waals surface area (Å²) >= 11 is 0. The standard InChI is InChI=1S/C21H27N3O3/c1-3-5-13-27-19-11-9-17(10-12-19)23-15-20(25)24-18-8-6-7-16(14-18)21(26)22-4-2/h6-12,14,23H,3-5,13,15H2,1-2H3,(H,22,26)(H,24,25). The van der Waals surface area contributed by atoms with Crippen LogP contribution in [0.2, 0.25) is 0 Å².